The molecule has 0 aliphatic carbocycles. The number of carbonyl (C=O) groups is 2. The van der Waals surface area contributed by atoms with E-state index in [0.717, 1.165) is 48.6 Å². The minimum absolute atomic E-state index is 0.0130. The maximum atomic E-state index is 12.6. The van der Waals surface area contributed by atoms with Crippen LogP contribution in [0.1, 0.15) is 75.7 Å². The molecule has 0 saturated carbocycles. The van der Waals surface area contributed by atoms with Crippen molar-refractivity contribution in [1.82, 2.24) is 20.2 Å². The first-order valence-corrected chi connectivity index (χ1v) is 10.0. The molecule has 1 aliphatic heterocycles. The summed E-state index contributed by atoms with van der Waals surface area (Å²) < 4.78 is 0. The van der Waals surface area contributed by atoms with Gasteiger partial charge in [-0.1, -0.05) is 27.7 Å². The lowest BCUT2D eigenvalue weighted by Gasteiger charge is -2.36. The van der Waals surface area contributed by atoms with Crippen LogP contribution in [0, 0.1) is 19.3 Å². The number of piperidine rings is 1. The van der Waals surface area contributed by atoms with Crippen LogP contribution in [0.4, 0.5) is 0 Å². The maximum absolute atomic E-state index is 12.6. The van der Waals surface area contributed by atoms with Gasteiger partial charge >= 0.3 is 0 Å². The number of rotatable bonds is 5. The van der Waals surface area contributed by atoms with Crippen molar-refractivity contribution in [1.29, 1.82) is 0 Å². The normalized spacial score (nSPS) is 17.7. The first kappa shape index (κ1) is 21.3. The van der Waals surface area contributed by atoms with Crippen LogP contribution in [0.3, 0.4) is 0 Å². The highest BCUT2D eigenvalue weighted by molar-refractivity contribution is 5.81. The van der Waals surface area contributed by atoms with Gasteiger partial charge in [-0.15, -0.1) is 0 Å². The fraction of sp³-hybridized carbons (Fsp3) is 0.714. The molecule has 6 nitrogen and oxygen atoms in total. The summed E-state index contributed by atoms with van der Waals surface area (Å²) in [5.74, 6) is 1.16. The summed E-state index contributed by atoms with van der Waals surface area (Å²) >= 11 is 0. The number of hydrogen-bond acceptors (Lipinski definition) is 4. The molecular weight excluding hydrogens is 340 g/mol. The molecule has 1 unspecified atom stereocenters. The van der Waals surface area contributed by atoms with Crippen LogP contribution in [0.5, 0.6) is 0 Å². The number of hydrogen-bond donors (Lipinski definition) is 1. The summed E-state index contributed by atoms with van der Waals surface area (Å²) in [4.78, 5) is 36.1. The van der Waals surface area contributed by atoms with Crippen molar-refractivity contribution < 1.29 is 9.59 Å². The van der Waals surface area contributed by atoms with E-state index >= 15 is 0 Å². The molecule has 6 heteroatoms. The molecule has 1 aliphatic rings. The van der Waals surface area contributed by atoms with Crippen LogP contribution in [0.2, 0.25) is 0 Å². The highest BCUT2D eigenvalue weighted by atomic mass is 16.2. The number of aromatic nitrogens is 2. The summed E-state index contributed by atoms with van der Waals surface area (Å²) in [6.07, 6.45) is 3.19. The quantitative estimate of drug-likeness (QED) is 0.860. The number of nitrogens with one attached hydrogen (secondary N) is 1. The molecule has 1 aromatic rings. The second-order valence-electron chi connectivity index (χ2n) is 8.60. The Hall–Kier alpha value is -1.98. The Kier molecular flexibility index (Phi) is 6.95. The van der Waals surface area contributed by atoms with E-state index in [9.17, 15) is 9.59 Å². The Morgan fingerprint density at radius 3 is 2.37 bits per heavy atom. The second-order valence-corrected chi connectivity index (χ2v) is 8.60. The van der Waals surface area contributed by atoms with Gasteiger partial charge < -0.3 is 10.2 Å². The van der Waals surface area contributed by atoms with E-state index in [1.807, 2.05) is 46.4 Å². The van der Waals surface area contributed by atoms with Crippen LogP contribution in [-0.2, 0) is 16.0 Å². The average Bonchev–Trinajstić information content (AvgIpc) is 2.61. The molecule has 2 heterocycles. The fourth-order valence-corrected chi connectivity index (χ4v) is 3.54. The first-order chi connectivity index (χ1) is 12.6. The lowest BCUT2D eigenvalue weighted by Crippen LogP contribution is -2.45. The van der Waals surface area contributed by atoms with Gasteiger partial charge in [0.05, 0.1) is 6.42 Å². The minimum Gasteiger partial charge on any atom is -0.356 e. The molecule has 2 amide bonds. The van der Waals surface area contributed by atoms with E-state index in [1.165, 1.54) is 0 Å². The van der Waals surface area contributed by atoms with Crippen molar-refractivity contribution in [3.63, 3.8) is 0 Å². The lowest BCUT2D eigenvalue weighted by atomic mass is 9.90. The van der Waals surface area contributed by atoms with Crippen LogP contribution < -0.4 is 5.32 Å². The van der Waals surface area contributed by atoms with Gasteiger partial charge in [0.15, 0.2) is 0 Å². The molecule has 1 aromatic heterocycles. The zero-order valence-electron chi connectivity index (χ0n) is 17.7. The van der Waals surface area contributed by atoms with Gasteiger partial charge in [-0.2, -0.15) is 0 Å². The van der Waals surface area contributed by atoms with Gasteiger partial charge in [0.1, 0.15) is 5.82 Å². The topological polar surface area (TPSA) is 75.2 Å². The number of likely N-dealkylation sites (tertiary alicyclic amines) is 1. The summed E-state index contributed by atoms with van der Waals surface area (Å²) in [5.41, 5.74) is 2.27. The van der Waals surface area contributed by atoms with E-state index in [4.69, 9.17) is 9.97 Å². The third-order valence-electron chi connectivity index (χ3n) is 5.06. The van der Waals surface area contributed by atoms with Crippen molar-refractivity contribution in [2.45, 2.75) is 73.1 Å². The minimum atomic E-state index is -0.371. The van der Waals surface area contributed by atoms with E-state index in [-0.39, 0.29) is 23.1 Å². The summed E-state index contributed by atoms with van der Waals surface area (Å²) in [6, 6.07) is 0. The molecule has 0 bridgehead atoms. The van der Waals surface area contributed by atoms with E-state index in [0.29, 0.717) is 19.5 Å². The largest absolute Gasteiger partial charge is 0.356 e. The SMILES string of the molecule is CCCNC(=O)Cc1c(C)nc(C2CCCN(C(=O)C(C)(C)C)C2)nc1C. The molecule has 1 saturated heterocycles. The first-order valence-electron chi connectivity index (χ1n) is 10.0. The average molecular weight is 375 g/mol. The van der Waals surface area contributed by atoms with Crippen LogP contribution in [-0.4, -0.2) is 46.3 Å². The highest BCUT2D eigenvalue weighted by Crippen LogP contribution is 2.29. The zero-order chi connectivity index (χ0) is 20.2. The van der Waals surface area contributed by atoms with Crippen LogP contribution in [0.25, 0.3) is 0 Å². The van der Waals surface area contributed by atoms with Gasteiger partial charge in [-0.05, 0) is 33.1 Å². The Balaban J connectivity index is 2.15. The molecule has 27 heavy (non-hydrogen) atoms. The van der Waals surface area contributed by atoms with Crippen molar-refractivity contribution in [3.8, 4) is 0 Å². The van der Waals surface area contributed by atoms with Crippen molar-refractivity contribution in [3.05, 3.63) is 22.8 Å². The third-order valence-corrected chi connectivity index (χ3v) is 5.06. The number of carbonyl (C=O) groups excluding carboxylic acids is 2. The summed E-state index contributed by atoms with van der Waals surface area (Å²) in [6.45, 7) is 14.0. The van der Waals surface area contributed by atoms with Gasteiger partial charge in [0.25, 0.3) is 0 Å². The van der Waals surface area contributed by atoms with Crippen molar-refractivity contribution >= 4 is 11.8 Å². The van der Waals surface area contributed by atoms with E-state index in [2.05, 4.69) is 5.32 Å². The molecule has 1 N–H and O–H groups in total. The Bertz CT molecular complexity index is 671. The van der Waals surface area contributed by atoms with Crippen molar-refractivity contribution in [2.75, 3.05) is 19.6 Å². The lowest BCUT2D eigenvalue weighted by molar-refractivity contribution is -0.140. The van der Waals surface area contributed by atoms with E-state index in [1.54, 1.807) is 0 Å². The smallest absolute Gasteiger partial charge is 0.227 e. The van der Waals surface area contributed by atoms with Gasteiger partial charge in [0.2, 0.25) is 11.8 Å². The third kappa shape index (κ3) is 5.50. The van der Waals surface area contributed by atoms with Crippen molar-refractivity contribution in [2.24, 2.45) is 5.41 Å². The number of nitrogens with zero attached hydrogens (tertiary/aromatic N) is 3. The van der Waals surface area contributed by atoms with Crippen LogP contribution >= 0.6 is 0 Å². The predicted molar refractivity (Wildman–Crippen MR) is 107 cm³/mol. The fourth-order valence-electron chi connectivity index (χ4n) is 3.54. The molecule has 1 atom stereocenters. The number of amides is 2. The molecule has 1 fully saturated rings. The molecule has 2 rings (SSSR count). The standard InChI is InChI=1S/C21H34N4O2/c1-7-10-22-18(26)12-17-14(2)23-19(24-15(17)3)16-9-8-11-25(13-16)20(27)21(4,5)6/h16H,7-13H2,1-6H3,(H,22,26). The molecule has 0 radical (unpaired) electrons. The van der Waals surface area contributed by atoms with Crippen LogP contribution in [0.15, 0.2) is 0 Å². The molecule has 0 spiro atoms. The number of aryl methyl sites for hydroxylation is 2. The Labute approximate surface area is 163 Å². The Morgan fingerprint density at radius 1 is 1.19 bits per heavy atom. The molecule has 150 valence electrons. The van der Waals surface area contributed by atoms with Gasteiger partial charge in [-0.3, -0.25) is 9.59 Å². The summed E-state index contributed by atoms with van der Waals surface area (Å²) in [7, 11) is 0. The molecular formula is C21H34N4O2. The van der Waals surface area contributed by atoms with Gasteiger partial charge in [0, 0.05) is 47.9 Å². The Morgan fingerprint density at radius 2 is 1.81 bits per heavy atom. The molecule has 0 aromatic carbocycles. The monoisotopic (exact) mass is 374 g/mol. The highest BCUT2D eigenvalue weighted by Gasteiger charge is 2.32. The second kappa shape index (κ2) is 8.81. The zero-order valence-corrected chi connectivity index (χ0v) is 17.7. The van der Waals surface area contributed by atoms with E-state index < -0.39 is 0 Å². The maximum Gasteiger partial charge on any atom is 0.227 e. The summed E-state index contributed by atoms with van der Waals surface area (Å²) in [5, 5.41) is 2.91. The predicted octanol–water partition coefficient (Wildman–Crippen LogP) is 2.91. The van der Waals surface area contributed by atoms with Gasteiger partial charge in [-0.25, -0.2) is 9.97 Å².